The van der Waals surface area contributed by atoms with E-state index in [4.69, 9.17) is 26.1 Å². The number of methoxy groups -OCH3 is 2. The smallest absolute Gasteiger partial charge is 0.270 e. The van der Waals surface area contributed by atoms with Crippen molar-refractivity contribution in [1.82, 2.24) is 5.32 Å². The number of benzene rings is 2. The molecular weight excluding hydrogens is 462 g/mol. The first kappa shape index (κ1) is 22.7. The number of nitrogens with one attached hydrogen (secondary N) is 1. The molecule has 1 aliphatic heterocycles. The summed E-state index contributed by atoms with van der Waals surface area (Å²) in [5, 5.41) is 13.2. The third kappa shape index (κ3) is 4.24. The second-order valence-electron chi connectivity index (χ2n) is 7.00. The van der Waals surface area contributed by atoms with Gasteiger partial charge < -0.3 is 13.9 Å². The van der Waals surface area contributed by atoms with Gasteiger partial charge in [-0.1, -0.05) is 0 Å². The Bertz CT molecular complexity index is 1340. The summed E-state index contributed by atoms with van der Waals surface area (Å²) in [7, 11) is 2.94. The van der Waals surface area contributed by atoms with Crippen LogP contribution in [0.5, 0.6) is 11.5 Å². The van der Waals surface area contributed by atoms with Gasteiger partial charge in [0.2, 0.25) is 0 Å². The van der Waals surface area contributed by atoms with Crippen LogP contribution in [0.3, 0.4) is 0 Å². The fraction of sp³-hybridized carbons (Fsp3) is 0.0870. The Hall–Kier alpha value is -4.51. The van der Waals surface area contributed by atoms with E-state index in [1.807, 2.05) is 0 Å². The summed E-state index contributed by atoms with van der Waals surface area (Å²) in [6, 6.07) is 13.8. The molecule has 4 rings (SSSR count). The van der Waals surface area contributed by atoms with Crippen molar-refractivity contribution in [3.8, 4) is 22.8 Å². The van der Waals surface area contributed by atoms with E-state index in [0.717, 1.165) is 4.90 Å². The minimum atomic E-state index is -0.674. The molecule has 10 nitrogen and oxygen atoms in total. The number of amides is 2. The van der Waals surface area contributed by atoms with E-state index in [1.54, 1.807) is 42.5 Å². The Labute approximate surface area is 198 Å². The maximum absolute atomic E-state index is 13.3. The van der Waals surface area contributed by atoms with Crippen LogP contribution in [0.25, 0.3) is 17.4 Å². The van der Waals surface area contributed by atoms with Crippen LogP contribution in [0.4, 0.5) is 11.4 Å². The summed E-state index contributed by atoms with van der Waals surface area (Å²) >= 11 is 5.23. The highest BCUT2D eigenvalue weighted by Gasteiger charge is 2.36. The molecule has 1 aromatic heterocycles. The van der Waals surface area contributed by atoms with Crippen LogP contribution in [0.1, 0.15) is 5.76 Å². The van der Waals surface area contributed by atoms with Crippen LogP contribution < -0.4 is 19.7 Å². The van der Waals surface area contributed by atoms with E-state index in [2.05, 4.69) is 5.32 Å². The first-order valence-corrected chi connectivity index (χ1v) is 10.2. The SMILES string of the molecule is COc1ccc(N2C(=O)/C(=C\c3ccc(-c4ccc([N+](=O)[O-])cc4)o3)C(=O)NC2=S)c(OC)c1. The monoisotopic (exact) mass is 479 g/mol. The van der Waals surface area contributed by atoms with Gasteiger partial charge in [-0.25, -0.2) is 4.90 Å². The zero-order valence-electron chi connectivity index (χ0n) is 17.9. The normalized spacial score (nSPS) is 14.8. The van der Waals surface area contributed by atoms with Gasteiger partial charge in [0, 0.05) is 23.8 Å². The van der Waals surface area contributed by atoms with Crippen LogP contribution in [-0.2, 0) is 9.59 Å². The molecule has 11 heteroatoms. The third-order valence-electron chi connectivity index (χ3n) is 5.01. The molecule has 2 heterocycles. The van der Waals surface area contributed by atoms with Gasteiger partial charge in [0.1, 0.15) is 28.6 Å². The molecule has 1 fully saturated rings. The number of furan rings is 1. The Morgan fingerprint density at radius 2 is 1.79 bits per heavy atom. The van der Waals surface area contributed by atoms with Crippen LogP contribution in [0.15, 0.2) is 64.6 Å². The van der Waals surface area contributed by atoms with Crippen molar-refractivity contribution in [3.05, 3.63) is 76.0 Å². The molecule has 0 unspecified atom stereocenters. The molecule has 0 bridgehead atoms. The zero-order chi connectivity index (χ0) is 24.4. The molecule has 3 aromatic rings. The molecule has 1 saturated heterocycles. The Morgan fingerprint density at radius 3 is 2.44 bits per heavy atom. The van der Waals surface area contributed by atoms with Crippen molar-refractivity contribution >= 4 is 46.6 Å². The third-order valence-corrected chi connectivity index (χ3v) is 5.29. The van der Waals surface area contributed by atoms with Gasteiger partial charge in [-0.3, -0.25) is 25.0 Å². The van der Waals surface area contributed by atoms with E-state index >= 15 is 0 Å². The molecule has 0 saturated carbocycles. The topological polar surface area (TPSA) is 124 Å². The Balaban J connectivity index is 1.66. The number of anilines is 1. The van der Waals surface area contributed by atoms with E-state index < -0.39 is 16.7 Å². The van der Waals surface area contributed by atoms with Crippen molar-refractivity contribution in [2.75, 3.05) is 19.1 Å². The summed E-state index contributed by atoms with van der Waals surface area (Å²) in [5.74, 6) is 0.155. The van der Waals surface area contributed by atoms with Crippen molar-refractivity contribution < 1.29 is 28.4 Å². The van der Waals surface area contributed by atoms with Crippen molar-refractivity contribution in [2.24, 2.45) is 0 Å². The minimum Gasteiger partial charge on any atom is -0.497 e. The maximum atomic E-state index is 13.3. The molecule has 2 aromatic carbocycles. The molecule has 2 amide bonds. The minimum absolute atomic E-state index is 0.0489. The number of nitrogens with zero attached hydrogens (tertiary/aromatic N) is 2. The lowest BCUT2D eigenvalue weighted by Gasteiger charge is -2.29. The van der Waals surface area contributed by atoms with Gasteiger partial charge in [-0.15, -0.1) is 0 Å². The largest absolute Gasteiger partial charge is 0.497 e. The lowest BCUT2D eigenvalue weighted by molar-refractivity contribution is -0.384. The fourth-order valence-corrected chi connectivity index (χ4v) is 3.60. The van der Waals surface area contributed by atoms with Gasteiger partial charge >= 0.3 is 0 Å². The number of rotatable bonds is 6. The molecule has 0 spiro atoms. The average molecular weight is 479 g/mol. The molecule has 0 radical (unpaired) electrons. The zero-order valence-corrected chi connectivity index (χ0v) is 18.8. The summed E-state index contributed by atoms with van der Waals surface area (Å²) < 4.78 is 16.3. The van der Waals surface area contributed by atoms with E-state index in [0.29, 0.717) is 28.5 Å². The Morgan fingerprint density at radius 1 is 1.06 bits per heavy atom. The lowest BCUT2D eigenvalue weighted by atomic mass is 10.1. The van der Waals surface area contributed by atoms with Crippen LogP contribution in [0, 0.1) is 10.1 Å². The summed E-state index contributed by atoms with van der Waals surface area (Å²) in [5.41, 5.74) is 0.680. The van der Waals surface area contributed by atoms with Crippen LogP contribution in [0.2, 0.25) is 0 Å². The first-order valence-electron chi connectivity index (χ1n) is 9.80. The fourth-order valence-electron chi connectivity index (χ4n) is 3.32. The van der Waals surface area contributed by atoms with Crippen LogP contribution >= 0.6 is 12.2 Å². The number of hydrogen-bond donors (Lipinski definition) is 1. The second kappa shape index (κ2) is 9.16. The quantitative estimate of drug-likeness (QED) is 0.187. The highest BCUT2D eigenvalue weighted by molar-refractivity contribution is 7.80. The number of hydrogen-bond acceptors (Lipinski definition) is 8. The standard InChI is InChI=1S/C23H17N3O7S/c1-31-15-7-9-18(20(12-15)32-2)25-22(28)17(21(27)24-23(25)34)11-16-8-10-19(33-16)13-3-5-14(6-4-13)26(29)30/h3-12H,1-2H3,(H,24,27,34)/b17-11-. The van der Waals surface area contributed by atoms with E-state index in [9.17, 15) is 19.7 Å². The van der Waals surface area contributed by atoms with Gasteiger partial charge in [0.05, 0.1) is 24.8 Å². The van der Waals surface area contributed by atoms with Gasteiger partial charge in [-0.05, 0) is 54.7 Å². The van der Waals surface area contributed by atoms with Crippen molar-refractivity contribution in [2.45, 2.75) is 0 Å². The van der Waals surface area contributed by atoms with E-state index in [-0.39, 0.29) is 22.1 Å². The number of carbonyl (C=O) groups is 2. The highest BCUT2D eigenvalue weighted by atomic mass is 32.1. The maximum Gasteiger partial charge on any atom is 0.270 e. The number of non-ortho nitro benzene ring substituents is 1. The van der Waals surface area contributed by atoms with Crippen molar-refractivity contribution in [1.29, 1.82) is 0 Å². The average Bonchev–Trinajstić information content (AvgIpc) is 3.30. The number of carbonyl (C=O) groups excluding carboxylic acids is 2. The van der Waals surface area contributed by atoms with Gasteiger partial charge in [0.15, 0.2) is 5.11 Å². The molecule has 1 aliphatic rings. The predicted octanol–water partition coefficient (Wildman–Crippen LogP) is 3.70. The highest BCUT2D eigenvalue weighted by Crippen LogP contribution is 2.34. The van der Waals surface area contributed by atoms with Crippen LogP contribution in [-0.4, -0.2) is 36.1 Å². The predicted molar refractivity (Wildman–Crippen MR) is 127 cm³/mol. The summed E-state index contributed by atoms with van der Waals surface area (Å²) in [4.78, 5) is 37.3. The molecule has 0 aliphatic carbocycles. The first-order chi connectivity index (χ1) is 16.3. The molecule has 1 N–H and O–H groups in total. The van der Waals surface area contributed by atoms with Gasteiger partial charge in [-0.2, -0.15) is 0 Å². The number of thiocarbonyl (C=S) groups is 1. The lowest BCUT2D eigenvalue weighted by Crippen LogP contribution is -2.54. The number of ether oxygens (including phenoxy) is 2. The van der Waals surface area contributed by atoms with Gasteiger partial charge in [0.25, 0.3) is 17.5 Å². The number of nitro benzene ring substituents is 1. The summed E-state index contributed by atoms with van der Waals surface area (Å²) in [6.45, 7) is 0. The molecule has 0 atom stereocenters. The second-order valence-corrected chi connectivity index (χ2v) is 7.39. The molecule has 172 valence electrons. The van der Waals surface area contributed by atoms with Crippen molar-refractivity contribution in [3.63, 3.8) is 0 Å². The van der Waals surface area contributed by atoms with E-state index in [1.165, 1.54) is 32.4 Å². The Kier molecular flexibility index (Phi) is 6.11. The number of nitro groups is 1. The molecule has 34 heavy (non-hydrogen) atoms. The molecular formula is C23H17N3O7S. The summed E-state index contributed by atoms with van der Waals surface area (Å²) in [6.07, 6.45) is 1.30.